The van der Waals surface area contributed by atoms with Crippen molar-refractivity contribution in [1.82, 2.24) is 5.32 Å². The van der Waals surface area contributed by atoms with Crippen LogP contribution in [0, 0.1) is 5.82 Å². The zero-order valence-corrected chi connectivity index (χ0v) is 24.8. The molecule has 1 atom stereocenters. The number of cyclic esters (lactones) is 1. The Morgan fingerprint density at radius 2 is 1.82 bits per heavy atom. The van der Waals surface area contributed by atoms with Gasteiger partial charge >= 0.3 is 6.09 Å². The monoisotopic (exact) mass is 617 g/mol. The maximum absolute atomic E-state index is 14.2. The molecule has 38 heavy (non-hydrogen) atoms. The first kappa shape index (κ1) is 31.8. The molecular weight excluding hydrogens is 581 g/mol. The molecule has 1 aliphatic rings. The number of amides is 1. The maximum Gasteiger partial charge on any atom is 0.415 e. The SMILES string of the molecule is Br.CCC1(CC)OC(=O)N(CCC(C)(C)NCC(O)c2ccc(O)c(NS(C)(=O)=O)c2)c2cc(F)ccc21. The van der Waals surface area contributed by atoms with Crippen LogP contribution in [0.3, 0.4) is 0 Å². The third-order valence-electron chi connectivity index (χ3n) is 6.82. The maximum atomic E-state index is 14.2. The van der Waals surface area contributed by atoms with Crippen LogP contribution in [-0.4, -0.2) is 49.6 Å². The molecule has 0 bridgehead atoms. The van der Waals surface area contributed by atoms with Crippen LogP contribution in [0.2, 0.25) is 0 Å². The molecule has 0 saturated heterocycles. The highest BCUT2D eigenvalue weighted by Gasteiger charge is 2.43. The molecule has 1 aliphatic heterocycles. The molecule has 4 N–H and O–H groups in total. The minimum atomic E-state index is -3.61. The lowest BCUT2D eigenvalue weighted by molar-refractivity contribution is -0.00141. The van der Waals surface area contributed by atoms with Crippen LogP contribution in [0.15, 0.2) is 36.4 Å². The highest BCUT2D eigenvalue weighted by Crippen LogP contribution is 2.44. The largest absolute Gasteiger partial charge is 0.506 e. The molecule has 212 valence electrons. The summed E-state index contributed by atoms with van der Waals surface area (Å²) in [6.45, 7) is 8.09. The van der Waals surface area contributed by atoms with Crippen LogP contribution in [0.5, 0.6) is 5.75 Å². The van der Waals surface area contributed by atoms with Crippen molar-refractivity contribution in [3.8, 4) is 5.75 Å². The number of fused-ring (bicyclic) bond motifs is 1. The number of anilines is 2. The Morgan fingerprint density at radius 3 is 2.42 bits per heavy atom. The number of carbonyl (C=O) groups excluding carboxylic acids is 1. The van der Waals surface area contributed by atoms with E-state index in [0.717, 1.165) is 11.8 Å². The average molecular weight is 619 g/mol. The zero-order valence-electron chi connectivity index (χ0n) is 22.2. The summed E-state index contributed by atoms with van der Waals surface area (Å²) in [5.74, 6) is -0.686. The van der Waals surface area contributed by atoms with Crippen molar-refractivity contribution in [2.75, 3.05) is 29.0 Å². The second-order valence-corrected chi connectivity index (χ2v) is 11.8. The van der Waals surface area contributed by atoms with Gasteiger partial charge in [0.1, 0.15) is 17.2 Å². The van der Waals surface area contributed by atoms with Gasteiger partial charge in [-0.15, -0.1) is 17.0 Å². The van der Waals surface area contributed by atoms with Gasteiger partial charge in [-0.25, -0.2) is 17.6 Å². The summed E-state index contributed by atoms with van der Waals surface area (Å²) in [6.07, 6.45) is 1.06. The predicted octanol–water partition coefficient (Wildman–Crippen LogP) is 4.94. The number of ether oxygens (including phenoxy) is 1. The molecule has 0 radical (unpaired) electrons. The number of phenols is 1. The van der Waals surface area contributed by atoms with Crippen molar-refractivity contribution in [2.24, 2.45) is 0 Å². The van der Waals surface area contributed by atoms with Gasteiger partial charge in [0.05, 0.1) is 23.7 Å². The van der Waals surface area contributed by atoms with E-state index in [2.05, 4.69) is 10.0 Å². The summed E-state index contributed by atoms with van der Waals surface area (Å²) in [6, 6.07) is 8.61. The first-order valence-corrected chi connectivity index (χ1v) is 14.1. The summed E-state index contributed by atoms with van der Waals surface area (Å²) in [4.78, 5) is 14.4. The van der Waals surface area contributed by atoms with E-state index in [9.17, 15) is 27.8 Å². The molecule has 1 unspecified atom stereocenters. The van der Waals surface area contributed by atoms with Gasteiger partial charge in [0.15, 0.2) is 0 Å². The molecule has 0 spiro atoms. The lowest BCUT2D eigenvalue weighted by Crippen LogP contribution is -2.49. The van der Waals surface area contributed by atoms with Gasteiger partial charge < -0.3 is 20.3 Å². The van der Waals surface area contributed by atoms with Gasteiger partial charge in [-0.1, -0.05) is 26.0 Å². The summed E-state index contributed by atoms with van der Waals surface area (Å²) in [5.41, 5.74) is 0.346. The lowest BCUT2D eigenvalue weighted by Gasteiger charge is -2.42. The molecule has 12 heteroatoms. The summed E-state index contributed by atoms with van der Waals surface area (Å²) in [7, 11) is -3.61. The van der Waals surface area contributed by atoms with Crippen molar-refractivity contribution >= 4 is 44.5 Å². The van der Waals surface area contributed by atoms with E-state index in [1.54, 1.807) is 6.07 Å². The van der Waals surface area contributed by atoms with Gasteiger partial charge in [0.25, 0.3) is 0 Å². The number of aliphatic hydroxyl groups excluding tert-OH is 1. The molecule has 0 aromatic heterocycles. The molecule has 2 aromatic rings. The molecule has 1 heterocycles. The van der Waals surface area contributed by atoms with Gasteiger partial charge in [0.2, 0.25) is 10.0 Å². The number of nitrogens with one attached hydrogen (secondary N) is 2. The highest BCUT2D eigenvalue weighted by molar-refractivity contribution is 8.93. The second-order valence-electron chi connectivity index (χ2n) is 10.1. The van der Waals surface area contributed by atoms with E-state index in [-0.39, 0.29) is 41.5 Å². The van der Waals surface area contributed by atoms with Gasteiger partial charge in [0, 0.05) is 24.2 Å². The quantitative estimate of drug-likeness (QED) is 0.263. The molecule has 1 amide bonds. The Labute approximate surface area is 234 Å². The summed E-state index contributed by atoms with van der Waals surface area (Å²) in [5, 5.41) is 23.9. The standard InChI is InChI=1S/C26H36FN3O6S.BrH/c1-6-26(7-2)19-10-9-18(27)15-21(19)30(24(33)36-26)13-12-25(3,4)28-16-23(32)17-8-11-22(31)20(14-17)29-37(5,34)35;/h8-11,14-15,23,28-29,31-32H,6-7,12-13,16H2,1-5H3;1H. The Hall–Kier alpha value is -2.41. The van der Waals surface area contributed by atoms with Gasteiger partial charge in [-0.2, -0.15) is 0 Å². The van der Waals surface area contributed by atoms with E-state index in [0.29, 0.717) is 30.5 Å². The Bertz CT molecular complexity index is 1250. The van der Waals surface area contributed by atoms with Crippen molar-refractivity contribution < 1.29 is 32.6 Å². The summed E-state index contributed by atoms with van der Waals surface area (Å²) >= 11 is 0. The first-order valence-electron chi connectivity index (χ1n) is 12.2. The lowest BCUT2D eigenvalue weighted by atomic mass is 9.85. The predicted molar refractivity (Wildman–Crippen MR) is 151 cm³/mol. The Balaban J connectivity index is 0.00000507. The van der Waals surface area contributed by atoms with E-state index in [1.807, 2.05) is 27.7 Å². The number of rotatable bonds is 11. The number of hydrogen-bond acceptors (Lipinski definition) is 7. The number of nitrogens with zero attached hydrogens (tertiary/aromatic N) is 1. The summed E-state index contributed by atoms with van der Waals surface area (Å²) < 4.78 is 45.3. The number of carbonyl (C=O) groups is 1. The van der Waals surface area contributed by atoms with Crippen LogP contribution in [0.1, 0.15) is 64.2 Å². The number of halogens is 2. The molecule has 2 aromatic carbocycles. The van der Waals surface area contributed by atoms with Crippen molar-refractivity contribution in [3.05, 3.63) is 53.3 Å². The minimum absolute atomic E-state index is 0. The molecule has 0 saturated carbocycles. The number of hydrogen-bond donors (Lipinski definition) is 4. The van der Waals surface area contributed by atoms with E-state index >= 15 is 0 Å². The van der Waals surface area contributed by atoms with E-state index in [4.69, 9.17) is 4.74 Å². The van der Waals surface area contributed by atoms with Crippen molar-refractivity contribution in [1.29, 1.82) is 0 Å². The molecule has 9 nitrogen and oxygen atoms in total. The Kier molecular flexibility index (Phi) is 10.2. The number of β-amino-alcohol motifs (C(OH)–C–C–N with tert-alkyl or cyclic N) is 1. The molecule has 3 rings (SSSR count). The molecule has 0 aliphatic carbocycles. The first-order chi connectivity index (χ1) is 17.2. The Morgan fingerprint density at radius 1 is 1.16 bits per heavy atom. The smallest absolute Gasteiger partial charge is 0.415 e. The normalized spacial score (nSPS) is 15.8. The molecule has 0 fully saturated rings. The third kappa shape index (κ3) is 7.37. The fourth-order valence-corrected chi connectivity index (χ4v) is 5.05. The van der Waals surface area contributed by atoms with Crippen molar-refractivity contribution in [2.45, 2.75) is 64.2 Å². The number of sulfonamides is 1. The molecular formula is C26H37BrFN3O6S. The van der Waals surface area contributed by atoms with Crippen LogP contribution in [-0.2, 0) is 20.4 Å². The van der Waals surface area contributed by atoms with Crippen LogP contribution < -0.4 is 14.9 Å². The topological polar surface area (TPSA) is 128 Å². The van der Waals surface area contributed by atoms with E-state index in [1.165, 1.54) is 35.2 Å². The number of aromatic hydroxyl groups is 1. The van der Waals surface area contributed by atoms with Crippen molar-refractivity contribution in [3.63, 3.8) is 0 Å². The van der Waals surface area contributed by atoms with E-state index < -0.39 is 39.2 Å². The van der Waals surface area contributed by atoms with Crippen LogP contribution in [0.4, 0.5) is 20.6 Å². The van der Waals surface area contributed by atoms with Crippen LogP contribution >= 0.6 is 17.0 Å². The number of phenolic OH excluding ortho intramolecular Hbond substituents is 1. The minimum Gasteiger partial charge on any atom is -0.506 e. The fourth-order valence-electron chi connectivity index (χ4n) is 4.49. The highest BCUT2D eigenvalue weighted by atomic mass is 79.9. The van der Waals surface area contributed by atoms with Gasteiger partial charge in [-0.3, -0.25) is 9.62 Å². The zero-order chi connectivity index (χ0) is 27.6. The second kappa shape index (κ2) is 12.2. The number of benzene rings is 2. The number of aliphatic hydroxyl groups is 1. The fraction of sp³-hybridized carbons (Fsp3) is 0.500. The van der Waals surface area contributed by atoms with Gasteiger partial charge in [-0.05, 0) is 62.9 Å². The average Bonchev–Trinajstić information content (AvgIpc) is 2.82. The third-order valence-corrected chi connectivity index (χ3v) is 7.41. The van der Waals surface area contributed by atoms with Crippen LogP contribution in [0.25, 0.3) is 0 Å².